The van der Waals surface area contributed by atoms with Crippen molar-refractivity contribution in [2.24, 2.45) is 4.99 Å². The maximum atomic E-state index is 11.8. The summed E-state index contributed by atoms with van der Waals surface area (Å²) in [7, 11) is 5.39. The molecule has 7 heteroatoms. The zero-order valence-corrected chi connectivity index (χ0v) is 18.7. The highest BCUT2D eigenvalue weighted by molar-refractivity contribution is 14.0. The van der Waals surface area contributed by atoms with Crippen molar-refractivity contribution in [3.8, 4) is 5.75 Å². The van der Waals surface area contributed by atoms with Crippen molar-refractivity contribution in [3.05, 3.63) is 42.0 Å². The van der Waals surface area contributed by atoms with Crippen LogP contribution in [0.3, 0.4) is 0 Å². The second-order valence-electron chi connectivity index (χ2n) is 6.17. The van der Waals surface area contributed by atoms with Gasteiger partial charge >= 0.3 is 0 Å². The third-order valence-corrected chi connectivity index (χ3v) is 3.43. The Balaban J connectivity index is 0.00000625. The van der Waals surface area contributed by atoms with Crippen LogP contribution in [0.2, 0.25) is 0 Å². The molecule has 0 saturated heterocycles. The third-order valence-electron chi connectivity index (χ3n) is 3.43. The molecule has 0 fully saturated rings. The summed E-state index contributed by atoms with van der Waals surface area (Å²) in [5.41, 5.74) is 2.14. The maximum Gasteiger partial charge on any atom is 0.243 e. The number of hydrogen-bond acceptors (Lipinski definition) is 3. The van der Waals surface area contributed by atoms with Gasteiger partial charge in [0.1, 0.15) is 12.3 Å². The van der Waals surface area contributed by atoms with Gasteiger partial charge in [0.25, 0.3) is 0 Å². The number of hydrogen-bond donors (Lipinski definition) is 1. The SMILES string of the molecule is C=C(C)CNC(=NCC(=O)N(C)C)N(C)Cc1ccc(OCC)cc1.I. The fourth-order valence-electron chi connectivity index (χ4n) is 2.03. The standard InChI is InChI=1S/C19H30N4O2.HI/c1-7-25-17-10-8-16(9-11-17)14-23(6)19(20-12-15(2)3)21-13-18(24)22(4)5;/h8-11H,2,7,12-14H2,1,3-6H3,(H,20,21);1H. The molecule has 1 N–H and O–H groups in total. The highest BCUT2D eigenvalue weighted by Gasteiger charge is 2.10. The lowest BCUT2D eigenvalue weighted by Crippen LogP contribution is -2.40. The van der Waals surface area contributed by atoms with Crippen LogP contribution in [0, 0.1) is 0 Å². The van der Waals surface area contributed by atoms with Gasteiger partial charge < -0.3 is 19.9 Å². The van der Waals surface area contributed by atoms with Crippen LogP contribution in [-0.4, -0.2) is 62.5 Å². The number of ether oxygens (including phenoxy) is 1. The zero-order chi connectivity index (χ0) is 18.8. The Morgan fingerprint density at radius 3 is 2.35 bits per heavy atom. The number of rotatable bonds is 8. The van der Waals surface area contributed by atoms with Crippen LogP contribution in [0.25, 0.3) is 0 Å². The number of carbonyl (C=O) groups excluding carboxylic acids is 1. The fraction of sp³-hybridized carbons (Fsp3) is 0.474. The molecular weight excluding hydrogens is 443 g/mol. The second kappa shape index (κ2) is 12.6. The molecule has 0 bridgehead atoms. The third kappa shape index (κ3) is 9.07. The molecule has 0 aliphatic carbocycles. The van der Waals surface area contributed by atoms with E-state index < -0.39 is 0 Å². The Morgan fingerprint density at radius 2 is 1.85 bits per heavy atom. The molecule has 0 radical (unpaired) electrons. The van der Waals surface area contributed by atoms with Gasteiger partial charge in [-0.2, -0.15) is 0 Å². The van der Waals surface area contributed by atoms with Crippen molar-refractivity contribution < 1.29 is 9.53 Å². The normalized spacial score (nSPS) is 10.6. The lowest BCUT2D eigenvalue weighted by molar-refractivity contribution is -0.127. The van der Waals surface area contributed by atoms with E-state index in [-0.39, 0.29) is 36.4 Å². The lowest BCUT2D eigenvalue weighted by atomic mass is 10.2. The van der Waals surface area contributed by atoms with E-state index in [9.17, 15) is 4.79 Å². The van der Waals surface area contributed by atoms with Crippen LogP contribution in [0.15, 0.2) is 41.4 Å². The minimum Gasteiger partial charge on any atom is -0.494 e. The summed E-state index contributed by atoms with van der Waals surface area (Å²) in [6.07, 6.45) is 0. The summed E-state index contributed by atoms with van der Waals surface area (Å²) in [6, 6.07) is 7.98. The maximum absolute atomic E-state index is 11.8. The molecule has 6 nitrogen and oxygen atoms in total. The average Bonchev–Trinajstić information content (AvgIpc) is 2.56. The summed E-state index contributed by atoms with van der Waals surface area (Å²) in [5, 5.41) is 3.25. The molecule has 146 valence electrons. The molecule has 0 aliphatic heterocycles. The van der Waals surface area contributed by atoms with Crippen LogP contribution in [0.1, 0.15) is 19.4 Å². The summed E-state index contributed by atoms with van der Waals surface area (Å²) in [5.74, 6) is 1.50. The highest BCUT2D eigenvalue weighted by Crippen LogP contribution is 2.13. The molecule has 0 heterocycles. The Labute approximate surface area is 174 Å². The van der Waals surface area contributed by atoms with Crippen molar-refractivity contribution in [2.45, 2.75) is 20.4 Å². The molecule has 0 aliphatic rings. The number of guanidine groups is 1. The molecule has 0 saturated carbocycles. The number of carbonyl (C=O) groups is 1. The van der Waals surface area contributed by atoms with Gasteiger partial charge in [0.15, 0.2) is 5.96 Å². The van der Waals surface area contributed by atoms with E-state index in [0.29, 0.717) is 25.7 Å². The van der Waals surface area contributed by atoms with Gasteiger partial charge in [0.05, 0.1) is 6.61 Å². The van der Waals surface area contributed by atoms with E-state index in [2.05, 4.69) is 16.9 Å². The summed E-state index contributed by atoms with van der Waals surface area (Å²) in [4.78, 5) is 19.8. The quantitative estimate of drug-likeness (QED) is 0.273. The van der Waals surface area contributed by atoms with Gasteiger partial charge in [-0.05, 0) is 31.5 Å². The van der Waals surface area contributed by atoms with E-state index in [1.165, 1.54) is 4.90 Å². The van der Waals surface area contributed by atoms with E-state index in [1.807, 2.05) is 50.1 Å². The van der Waals surface area contributed by atoms with Crippen molar-refractivity contribution in [3.63, 3.8) is 0 Å². The van der Waals surface area contributed by atoms with Crippen LogP contribution in [0.4, 0.5) is 0 Å². The van der Waals surface area contributed by atoms with Crippen LogP contribution >= 0.6 is 24.0 Å². The number of halogens is 1. The predicted octanol–water partition coefficient (Wildman–Crippen LogP) is 2.75. The van der Waals surface area contributed by atoms with Crippen LogP contribution < -0.4 is 10.1 Å². The fourth-order valence-corrected chi connectivity index (χ4v) is 2.03. The minimum absolute atomic E-state index is 0. The van der Waals surface area contributed by atoms with E-state index in [4.69, 9.17) is 4.74 Å². The largest absolute Gasteiger partial charge is 0.494 e. The molecule has 1 rings (SSSR count). The molecule has 0 unspecified atom stereocenters. The van der Waals surface area contributed by atoms with Crippen LogP contribution in [-0.2, 0) is 11.3 Å². The first-order valence-electron chi connectivity index (χ1n) is 8.39. The molecule has 0 spiro atoms. The molecule has 0 atom stereocenters. The number of amides is 1. The van der Waals surface area contributed by atoms with Crippen molar-refractivity contribution >= 4 is 35.8 Å². The lowest BCUT2D eigenvalue weighted by Gasteiger charge is -2.23. The first-order valence-corrected chi connectivity index (χ1v) is 8.39. The van der Waals surface area contributed by atoms with Crippen LogP contribution in [0.5, 0.6) is 5.75 Å². The number of nitrogens with one attached hydrogen (secondary N) is 1. The molecular formula is C19H31IN4O2. The van der Waals surface area contributed by atoms with Gasteiger partial charge in [-0.3, -0.25) is 4.79 Å². The molecule has 0 aromatic heterocycles. The Kier molecular flexibility index (Phi) is 11.7. The van der Waals surface area contributed by atoms with Gasteiger partial charge in [-0.25, -0.2) is 4.99 Å². The zero-order valence-electron chi connectivity index (χ0n) is 16.4. The first-order chi connectivity index (χ1) is 11.8. The molecule has 26 heavy (non-hydrogen) atoms. The van der Waals surface area contributed by atoms with E-state index in [1.54, 1.807) is 14.1 Å². The number of nitrogens with zero attached hydrogens (tertiary/aromatic N) is 3. The molecule has 1 aromatic carbocycles. The monoisotopic (exact) mass is 474 g/mol. The van der Waals surface area contributed by atoms with Gasteiger partial charge in [0, 0.05) is 34.2 Å². The number of benzene rings is 1. The summed E-state index contributed by atoms with van der Waals surface area (Å²) in [6.45, 7) is 9.86. The topological polar surface area (TPSA) is 57.2 Å². The summed E-state index contributed by atoms with van der Waals surface area (Å²) < 4.78 is 5.46. The van der Waals surface area contributed by atoms with Crippen molar-refractivity contribution in [2.75, 3.05) is 40.8 Å². The van der Waals surface area contributed by atoms with E-state index >= 15 is 0 Å². The van der Waals surface area contributed by atoms with Gasteiger partial charge in [-0.1, -0.05) is 24.3 Å². The Hall–Kier alpha value is -1.77. The minimum atomic E-state index is -0.0379. The Bertz CT molecular complexity index is 600. The molecule has 1 aromatic rings. The second-order valence-corrected chi connectivity index (χ2v) is 6.17. The number of aliphatic imine (C=N–C) groups is 1. The summed E-state index contributed by atoms with van der Waals surface area (Å²) >= 11 is 0. The first kappa shape index (κ1) is 24.2. The number of likely N-dealkylation sites (N-methyl/N-ethyl adjacent to an activating group) is 1. The highest BCUT2D eigenvalue weighted by atomic mass is 127. The van der Waals surface area contributed by atoms with E-state index in [0.717, 1.165) is 16.9 Å². The van der Waals surface area contributed by atoms with Crippen molar-refractivity contribution in [1.82, 2.24) is 15.1 Å². The van der Waals surface area contributed by atoms with Gasteiger partial charge in [-0.15, -0.1) is 24.0 Å². The van der Waals surface area contributed by atoms with Gasteiger partial charge in [0.2, 0.25) is 5.91 Å². The molecule has 1 amide bonds. The average molecular weight is 474 g/mol. The predicted molar refractivity (Wildman–Crippen MR) is 118 cm³/mol. The van der Waals surface area contributed by atoms with Crippen molar-refractivity contribution in [1.29, 1.82) is 0 Å². The Morgan fingerprint density at radius 1 is 1.23 bits per heavy atom. The smallest absolute Gasteiger partial charge is 0.243 e.